The third-order valence-corrected chi connectivity index (χ3v) is 4.11. The van der Waals surface area contributed by atoms with E-state index in [1.807, 2.05) is 18.2 Å². The van der Waals surface area contributed by atoms with Crippen LogP contribution in [-0.2, 0) is 11.2 Å². The summed E-state index contributed by atoms with van der Waals surface area (Å²) in [5.41, 5.74) is 2.33. The topological polar surface area (TPSA) is 59.0 Å². The van der Waals surface area contributed by atoms with Crippen molar-refractivity contribution in [3.63, 3.8) is 0 Å². The molecule has 1 atom stereocenters. The molecule has 23 heavy (non-hydrogen) atoms. The number of carboxylic acids is 1. The fourth-order valence-corrected chi connectivity index (χ4v) is 3.06. The molecule has 0 aromatic heterocycles. The fraction of sp³-hybridized carbons (Fsp3) is 0.471. The minimum absolute atomic E-state index is 0. The van der Waals surface area contributed by atoms with Crippen LogP contribution in [0.2, 0.25) is 0 Å². The average Bonchev–Trinajstić information content (AvgIpc) is 2.52. The molecule has 0 bridgehead atoms. The predicted molar refractivity (Wildman–Crippen MR) is 91.9 cm³/mol. The van der Waals surface area contributed by atoms with Crippen LogP contribution in [0.4, 0.5) is 0 Å². The molecular weight excluding hydrogens is 318 g/mol. The summed E-state index contributed by atoms with van der Waals surface area (Å²) in [5.74, 6) is 0.628. The van der Waals surface area contributed by atoms with Gasteiger partial charge in [0, 0.05) is 25.6 Å². The highest BCUT2D eigenvalue weighted by molar-refractivity contribution is 5.85. The summed E-state index contributed by atoms with van der Waals surface area (Å²) < 4.78 is 10.8. The molecule has 128 valence electrons. The van der Waals surface area contributed by atoms with Crippen LogP contribution in [-0.4, -0.2) is 43.3 Å². The number of methoxy groups -OCH3 is 2. The number of hydrogen-bond donors (Lipinski definition) is 1. The van der Waals surface area contributed by atoms with E-state index in [-0.39, 0.29) is 24.9 Å². The van der Waals surface area contributed by atoms with Crippen LogP contribution in [0.1, 0.15) is 30.0 Å². The normalized spacial score (nSPS) is 16.9. The summed E-state index contributed by atoms with van der Waals surface area (Å²) >= 11 is 0. The van der Waals surface area contributed by atoms with Crippen LogP contribution in [0.5, 0.6) is 11.5 Å². The third kappa shape index (κ3) is 4.39. The zero-order valence-electron chi connectivity index (χ0n) is 13.6. The third-order valence-electron chi connectivity index (χ3n) is 4.11. The number of fused-ring (bicyclic) bond motifs is 1. The lowest BCUT2D eigenvalue weighted by molar-refractivity contribution is -0.137. The molecule has 0 saturated heterocycles. The van der Waals surface area contributed by atoms with Crippen molar-refractivity contribution in [2.45, 2.75) is 25.3 Å². The first-order valence-corrected chi connectivity index (χ1v) is 7.42. The highest BCUT2D eigenvalue weighted by Crippen LogP contribution is 2.39. The first kappa shape index (κ1) is 19.3. The molecule has 0 saturated carbocycles. The van der Waals surface area contributed by atoms with Gasteiger partial charge in [-0.1, -0.05) is 6.08 Å². The minimum atomic E-state index is -0.772. The molecule has 0 radical (unpaired) electrons. The number of benzene rings is 1. The number of halogens is 1. The quantitative estimate of drug-likeness (QED) is 0.772. The van der Waals surface area contributed by atoms with Crippen LogP contribution >= 0.6 is 12.4 Å². The number of carboxylic acid groups (broad SMARTS) is 1. The molecule has 6 heteroatoms. The van der Waals surface area contributed by atoms with Gasteiger partial charge in [0.1, 0.15) is 0 Å². The van der Waals surface area contributed by atoms with Gasteiger partial charge in [-0.2, -0.15) is 0 Å². The van der Waals surface area contributed by atoms with Crippen molar-refractivity contribution in [1.29, 1.82) is 0 Å². The lowest BCUT2D eigenvalue weighted by Gasteiger charge is -2.37. The van der Waals surface area contributed by atoms with Crippen molar-refractivity contribution < 1.29 is 19.4 Å². The second-order valence-electron chi connectivity index (χ2n) is 5.39. The molecule has 0 fully saturated rings. The molecule has 5 nitrogen and oxygen atoms in total. The van der Waals surface area contributed by atoms with Gasteiger partial charge in [0.15, 0.2) is 11.5 Å². The first-order chi connectivity index (χ1) is 10.6. The number of ether oxygens (including phenoxy) is 2. The number of carbonyl (C=O) groups is 1. The molecule has 2 rings (SSSR count). The maximum absolute atomic E-state index is 11.0. The number of rotatable bonds is 7. The lowest BCUT2D eigenvalue weighted by atomic mass is 9.89. The Balaban J connectivity index is 0.00000264. The summed E-state index contributed by atoms with van der Waals surface area (Å²) in [7, 11) is 3.24. The SMILES string of the molecule is C=CCN1CCc2cc(OC)c(OC)cc2C1CCC(=O)O.Cl. The highest BCUT2D eigenvalue weighted by Gasteiger charge is 2.28. The average molecular weight is 342 g/mol. The zero-order valence-corrected chi connectivity index (χ0v) is 14.4. The van der Waals surface area contributed by atoms with E-state index < -0.39 is 5.97 Å². The first-order valence-electron chi connectivity index (χ1n) is 7.42. The van der Waals surface area contributed by atoms with Crippen LogP contribution in [0.3, 0.4) is 0 Å². The summed E-state index contributed by atoms with van der Waals surface area (Å²) in [6, 6.07) is 4.06. The molecule has 0 aliphatic carbocycles. The van der Waals surface area contributed by atoms with E-state index in [2.05, 4.69) is 11.5 Å². The van der Waals surface area contributed by atoms with Crippen LogP contribution < -0.4 is 9.47 Å². The molecule has 1 aromatic carbocycles. The summed E-state index contributed by atoms with van der Waals surface area (Å²) in [6.45, 7) is 5.43. The molecule has 0 spiro atoms. The molecule has 1 unspecified atom stereocenters. The maximum Gasteiger partial charge on any atom is 0.303 e. The Morgan fingerprint density at radius 2 is 2.04 bits per heavy atom. The monoisotopic (exact) mass is 341 g/mol. The van der Waals surface area contributed by atoms with Crippen molar-refractivity contribution in [2.24, 2.45) is 0 Å². The maximum atomic E-state index is 11.0. The van der Waals surface area contributed by atoms with E-state index >= 15 is 0 Å². The van der Waals surface area contributed by atoms with E-state index in [0.29, 0.717) is 12.2 Å². The van der Waals surface area contributed by atoms with Crippen LogP contribution in [0, 0.1) is 0 Å². The minimum Gasteiger partial charge on any atom is -0.493 e. The molecule has 1 aromatic rings. The Kier molecular flexibility index (Phi) is 7.39. The Hall–Kier alpha value is -1.72. The molecule has 1 aliphatic rings. The van der Waals surface area contributed by atoms with Gasteiger partial charge in [0.25, 0.3) is 0 Å². The Morgan fingerprint density at radius 3 is 2.61 bits per heavy atom. The van der Waals surface area contributed by atoms with Gasteiger partial charge in [0.2, 0.25) is 0 Å². The van der Waals surface area contributed by atoms with Crippen molar-refractivity contribution in [3.05, 3.63) is 35.9 Å². The van der Waals surface area contributed by atoms with Crippen molar-refractivity contribution >= 4 is 18.4 Å². The molecular formula is C17H24ClNO4. The second kappa shape index (κ2) is 8.79. The lowest BCUT2D eigenvalue weighted by Crippen LogP contribution is -2.36. The Bertz CT molecular complexity index is 562. The number of hydrogen-bond acceptors (Lipinski definition) is 4. The van der Waals surface area contributed by atoms with Crippen molar-refractivity contribution in [1.82, 2.24) is 4.90 Å². The van der Waals surface area contributed by atoms with E-state index in [4.69, 9.17) is 14.6 Å². The predicted octanol–water partition coefficient (Wildman–Crippen LogP) is 3.08. The van der Waals surface area contributed by atoms with Gasteiger partial charge in [-0.05, 0) is 36.1 Å². The van der Waals surface area contributed by atoms with Crippen LogP contribution in [0.25, 0.3) is 0 Å². The fourth-order valence-electron chi connectivity index (χ4n) is 3.06. The van der Waals surface area contributed by atoms with Gasteiger partial charge in [0.05, 0.1) is 14.2 Å². The van der Waals surface area contributed by atoms with E-state index in [1.165, 1.54) is 5.56 Å². The van der Waals surface area contributed by atoms with Gasteiger partial charge >= 0.3 is 5.97 Å². The Morgan fingerprint density at radius 1 is 1.39 bits per heavy atom. The number of aliphatic carboxylic acids is 1. The standard InChI is InChI=1S/C17H23NO4.ClH/c1-4-8-18-9-7-12-10-15(21-2)16(22-3)11-13(12)14(18)5-6-17(19)20;/h4,10-11,14H,1,5-9H2,2-3H3,(H,19,20);1H. The molecule has 1 N–H and O–H groups in total. The molecule has 0 amide bonds. The van der Waals surface area contributed by atoms with E-state index in [9.17, 15) is 4.79 Å². The van der Waals surface area contributed by atoms with Crippen LogP contribution in [0.15, 0.2) is 24.8 Å². The summed E-state index contributed by atoms with van der Waals surface area (Å²) in [4.78, 5) is 13.2. The van der Waals surface area contributed by atoms with Crippen molar-refractivity contribution in [3.8, 4) is 11.5 Å². The number of nitrogens with zero attached hydrogens (tertiary/aromatic N) is 1. The highest BCUT2D eigenvalue weighted by atomic mass is 35.5. The van der Waals surface area contributed by atoms with Gasteiger partial charge in [-0.25, -0.2) is 0 Å². The second-order valence-corrected chi connectivity index (χ2v) is 5.39. The van der Waals surface area contributed by atoms with E-state index in [1.54, 1.807) is 14.2 Å². The summed E-state index contributed by atoms with van der Waals surface area (Å²) in [5, 5.41) is 9.01. The smallest absolute Gasteiger partial charge is 0.303 e. The van der Waals surface area contributed by atoms with E-state index in [0.717, 1.165) is 30.8 Å². The molecule has 1 heterocycles. The van der Waals surface area contributed by atoms with Gasteiger partial charge in [-0.3, -0.25) is 9.69 Å². The largest absolute Gasteiger partial charge is 0.493 e. The zero-order chi connectivity index (χ0) is 16.1. The van der Waals surface area contributed by atoms with Crippen molar-refractivity contribution in [2.75, 3.05) is 27.3 Å². The summed E-state index contributed by atoms with van der Waals surface area (Å²) in [6.07, 6.45) is 3.49. The van der Waals surface area contributed by atoms with Gasteiger partial charge in [-0.15, -0.1) is 19.0 Å². The molecule has 1 aliphatic heterocycles. The van der Waals surface area contributed by atoms with Gasteiger partial charge < -0.3 is 14.6 Å². The Labute approximate surface area is 143 Å².